The van der Waals surface area contributed by atoms with E-state index in [1.165, 1.54) is 0 Å². The summed E-state index contributed by atoms with van der Waals surface area (Å²) in [6, 6.07) is 12.9. The largest absolute Gasteiger partial charge is 0.490 e. The van der Waals surface area contributed by atoms with E-state index in [1.54, 1.807) is 37.2 Å². The first-order valence-corrected chi connectivity index (χ1v) is 17.6. The van der Waals surface area contributed by atoms with Crippen LogP contribution in [0.3, 0.4) is 0 Å². The van der Waals surface area contributed by atoms with Gasteiger partial charge in [0.1, 0.15) is 11.9 Å². The fourth-order valence-corrected chi connectivity index (χ4v) is 8.50. The van der Waals surface area contributed by atoms with E-state index in [2.05, 4.69) is 10.6 Å². The number of aliphatic hydroxyl groups is 1. The molecule has 6 atom stereocenters. The third kappa shape index (κ3) is 6.21. The fraction of sp³-hybridized carbons (Fsp3) is 0.548. The Morgan fingerprint density at radius 1 is 1.24 bits per heavy atom. The molecule has 2 aromatic rings. The van der Waals surface area contributed by atoms with Crippen LogP contribution in [0.2, 0.25) is 18.6 Å². The maximum atomic E-state index is 16.1. The summed E-state index contributed by atoms with van der Waals surface area (Å²) in [6.45, 7) is 6.32. The Kier molecular flexibility index (Phi) is 8.84. The number of aliphatic hydroxyl groups excluding tert-OH is 1. The van der Waals surface area contributed by atoms with Gasteiger partial charge in [-0.05, 0) is 68.2 Å². The third-order valence-corrected chi connectivity index (χ3v) is 11.3. The lowest BCUT2D eigenvalue weighted by molar-refractivity contribution is -0.136. The molecule has 1 unspecified atom stereocenters. The number of nitrogens with one attached hydrogen (secondary N) is 2. The summed E-state index contributed by atoms with van der Waals surface area (Å²) in [5.74, 6) is 0.0963. The van der Waals surface area contributed by atoms with E-state index < -0.39 is 26.2 Å². The molecule has 0 bridgehead atoms. The Morgan fingerprint density at radius 3 is 2.66 bits per heavy atom. The van der Waals surface area contributed by atoms with Crippen molar-refractivity contribution in [2.75, 3.05) is 25.6 Å². The van der Waals surface area contributed by atoms with Gasteiger partial charge in [0.05, 0.1) is 24.8 Å². The zero-order valence-electron chi connectivity index (χ0n) is 24.4. The van der Waals surface area contributed by atoms with E-state index >= 15 is 4.11 Å². The van der Waals surface area contributed by atoms with Gasteiger partial charge in [-0.3, -0.25) is 9.59 Å². The number of carbonyl (C=O) groups is 2. The van der Waals surface area contributed by atoms with Crippen molar-refractivity contribution in [3.63, 3.8) is 0 Å². The van der Waals surface area contributed by atoms with Gasteiger partial charge in [0, 0.05) is 42.8 Å². The number of hydrogen-bond acceptors (Lipinski definition) is 6. The van der Waals surface area contributed by atoms with Gasteiger partial charge in [0.2, 0.25) is 20.2 Å². The molecule has 0 aromatic heterocycles. The van der Waals surface area contributed by atoms with Gasteiger partial charge < -0.3 is 34.2 Å². The molecule has 0 spiro atoms. The van der Waals surface area contributed by atoms with E-state index in [4.69, 9.17) is 9.47 Å². The molecule has 0 saturated carbocycles. The van der Waals surface area contributed by atoms with Crippen molar-refractivity contribution in [2.24, 2.45) is 5.92 Å². The number of halogens is 1. The molecule has 2 aromatic carbocycles. The molecular formula is C31H42FN3O5Si. The van der Waals surface area contributed by atoms with Gasteiger partial charge in [-0.15, -0.1) is 0 Å². The quantitative estimate of drug-likeness (QED) is 0.316. The molecule has 5 rings (SSSR count). The Bertz CT molecular complexity index is 1260. The summed E-state index contributed by atoms with van der Waals surface area (Å²) in [5.41, 5.74) is 3.02. The predicted octanol–water partition coefficient (Wildman–Crippen LogP) is 4.34. The molecule has 10 heteroatoms. The van der Waals surface area contributed by atoms with Crippen LogP contribution >= 0.6 is 0 Å². The molecule has 2 amide bonds. The highest BCUT2D eigenvalue weighted by Crippen LogP contribution is 2.48. The lowest BCUT2D eigenvalue weighted by Gasteiger charge is -2.44. The molecule has 3 N–H and O–H groups in total. The Labute approximate surface area is 242 Å². The number of ether oxygens (including phenoxy) is 2. The van der Waals surface area contributed by atoms with Crippen LogP contribution in [0.25, 0.3) is 0 Å². The van der Waals surface area contributed by atoms with E-state index in [0.29, 0.717) is 24.4 Å². The van der Waals surface area contributed by atoms with Crippen LogP contribution in [0.5, 0.6) is 5.75 Å². The monoisotopic (exact) mass is 583 g/mol. The first-order chi connectivity index (χ1) is 19.6. The smallest absolute Gasteiger partial charge is 0.248 e. The van der Waals surface area contributed by atoms with Gasteiger partial charge in [0.25, 0.3) is 0 Å². The molecule has 8 nitrogen and oxygen atoms in total. The SMILES string of the molecule is CO[C@@H]1c2cc(NC(=O)[C@H]3CCCN3)ccc2O[C@H](C(CC(=O)N2Cc3ccccc3C[C@H]2CO)[Si](C)(C)F)[C@H]1C. The lowest BCUT2D eigenvalue weighted by atomic mass is 9.86. The molecule has 0 radical (unpaired) electrons. The van der Waals surface area contributed by atoms with Crippen molar-refractivity contribution in [3.05, 3.63) is 59.2 Å². The number of methoxy groups -OCH3 is 1. The van der Waals surface area contributed by atoms with Crippen LogP contribution in [0.15, 0.2) is 42.5 Å². The van der Waals surface area contributed by atoms with E-state index in [1.807, 2.05) is 37.3 Å². The van der Waals surface area contributed by atoms with Crippen molar-refractivity contribution in [3.8, 4) is 5.75 Å². The van der Waals surface area contributed by atoms with Crippen LogP contribution in [0.4, 0.5) is 9.80 Å². The molecular weight excluding hydrogens is 541 g/mol. The van der Waals surface area contributed by atoms with E-state index in [-0.39, 0.29) is 42.8 Å². The van der Waals surface area contributed by atoms with Gasteiger partial charge in [0.15, 0.2) is 0 Å². The van der Waals surface area contributed by atoms with Crippen molar-refractivity contribution in [1.82, 2.24) is 10.2 Å². The highest BCUT2D eigenvalue weighted by Gasteiger charge is 2.49. The zero-order chi connectivity index (χ0) is 29.3. The number of carbonyl (C=O) groups excluding carboxylic acids is 2. The topological polar surface area (TPSA) is 100 Å². The highest BCUT2D eigenvalue weighted by molar-refractivity contribution is 6.72. The van der Waals surface area contributed by atoms with E-state index in [0.717, 1.165) is 36.1 Å². The second-order valence-electron chi connectivity index (χ2n) is 12.2. The maximum absolute atomic E-state index is 16.1. The minimum absolute atomic E-state index is 0.00229. The molecule has 222 valence electrons. The summed E-state index contributed by atoms with van der Waals surface area (Å²) in [6.07, 6.45) is 1.39. The standard InChI is InChI=1S/C31H42FN3O5Si/c1-19-29(39-2)24-15-22(34-31(38)25-10-7-13-33-25)11-12-26(24)40-30(19)27(41(3,4)32)16-28(37)35-17-21-9-6-5-8-20(21)14-23(35)18-36/h5-6,8-9,11-12,15,19,23,25,27,29-30,33,36H,7,10,13-14,16-18H2,1-4H3,(H,34,38)/t19-,23-,25+,27?,29-,30-/m0/s1. The minimum Gasteiger partial charge on any atom is -0.490 e. The number of amides is 2. The molecule has 1 fully saturated rings. The average Bonchev–Trinajstić information content (AvgIpc) is 3.50. The Hall–Kier alpha value is -2.79. The van der Waals surface area contributed by atoms with Crippen LogP contribution < -0.4 is 15.4 Å². The second kappa shape index (κ2) is 12.2. The van der Waals surface area contributed by atoms with Gasteiger partial charge >= 0.3 is 0 Å². The number of anilines is 1. The summed E-state index contributed by atoms with van der Waals surface area (Å²) < 4.78 is 28.5. The molecule has 1 saturated heterocycles. The van der Waals surface area contributed by atoms with Gasteiger partial charge in [-0.1, -0.05) is 31.2 Å². The Morgan fingerprint density at radius 2 is 2.00 bits per heavy atom. The van der Waals surface area contributed by atoms with Gasteiger partial charge in [-0.2, -0.15) is 0 Å². The first-order valence-electron chi connectivity index (χ1n) is 14.6. The minimum atomic E-state index is -3.41. The van der Waals surface area contributed by atoms with E-state index in [9.17, 15) is 14.7 Å². The highest BCUT2D eigenvalue weighted by atomic mass is 28.4. The number of benzene rings is 2. The number of rotatable bonds is 8. The zero-order valence-corrected chi connectivity index (χ0v) is 25.4. The van der Waals surface area contributed by atoms with Gasteiger partial charge in [-0.25, -0.2) is 0 Å². The lowest BCUT2D eigenvalue weighted by Crippen LogP contribution is -2.50. The van der Waals surface area contributed by atoms with Crippen molar-refractivity contribution >= 4 is 25.9 Å². The Balaban J connectivity index is 1.37. The maximum Gasteiger partial charge on any atom is 0.248 e. The summed E-state index contributed by atoms with van der Waals surface area (Å²) in [5, 5.41) is 16.3. The molecule has 3 aliphatic heterocycles. The molecule has 41 heavy (non-hydrogen) atoms. The average molecular weight is 584 g/mol. The number of hydrogen-bond donors (Lipinski definition) is 3. The van der Waals surface area contributed by atoms with Crippen LogP contribution in [-0.2, 0) is 27.3 Å². The predicted molar refractivity (Wildman–Crippen MR) is 158 cm³/mol. The van der Waals surface area contributed by atoms with Crippen LogP contribution in [0.1, 0.15) is 49.0 Å². The number of fused-ring (bicyclic) bond motifs is 2. The van der Waals surface area contributed by atoms with Crippen LogP contribution in [0, 0.1) is 5.92 Å². The first kappa shape index (κ1) is 29.7. The second-order valence-corrected chi connectivity index (χ2v) is 16.1. The summed E-state index contributed by atoms with van der Waals surface area (Å²) in [7, 11) is -1.79. The van der Waals surface area contributed by atoms with Crippen LogP contribution in [-0.4, -0.2) is 68.7 Å². The van der Waals surface area contributed by atoms with Crippen molar-refractivity contribution < 1.29 is 28.3 Å². The molecule has 3 heterocycles. The third-order valence-electron chi connectivity index (χ3n) is 9.03. The van der Waals surface area contributed by atoms with Crippen molar-refractivity contribution in [1.29, 1.82) is 0 Å². The fourth-order valence-electron chi connectivity index (χ4n) is 6.69. The van der Waals surface area contributed by atoms with Crippen molar-refractivity contribution in [2.45, 2.75) is 82.1 Å². The molecule has 3 aliphatic rings. The molecule has 0 aliphatic carbocycles. The summed E-state index contributed by atoms with van der Waals surface area (Å²) in [4.78, 5) is 28.2. The normalized spacial score (nSPS) is 26.5. The number of nitrogens with zero attached hydrogens (tertiary/aromatic N) is 1. The summed E-state index contributed by atoms with van der Waals surface area (Å²) >= 11 is 0.